The Balaban J connectivity index is -0.0000000351. The van der Waals surface area contributed by atoms with Gasteiger partial charge in [-0.1, -0.05) is 26.0 Å². The van der Waals surface area contributed by atoms with Crippen LogP contribution >= 0.6 is 0 Å². The van der Waals surface area contributed by atoms with Gasteiger partial charge in [-0.2, -0.15) is 10.2 Å². The lowest BCUT2D eigenvalue weighted by molar-refractivity contribution is 1.11. The van der Waals surface area contributed by atoms with Crippen LogP contribution in [-0.2, 0) is 0 Å². The second-order valence-electron chi connectivity index (χ2n) is 4.07. The number of azo groups is 1. The molecule has 0 saturated carbocycles. The molecule has 0 heterocycles. The van der Waals surface area contributed by atoms with E-state index < -0.39 is 0 Å². The summed E-state index contributed by atoms with van der Waals surface area (Å²) in [4.78, 5) is 3.81. The molecule has 128 valence electrons. The van der Waals surface area contributed by atoms with Gasteiger partial charge in [0.15, 0.2) is 0 Å². The SMILES string of the molecule is C.C.CC#CC.CC(C)=C(C)C.CN=C(C)C.CN=NC. The van der Waals surface area contributed by atoms with Crippen molar-refractivity contribution in [2.24, 2.45) is 15.2 Å². The van der Waals surface area contributed by atoms with E-state index in [4.69, 9.17) is 0 Å². The molecule has 0 spiro atoms. The van der Waals surface area contributed by atoms with Crippen LogP contribution in [0.1, 0.15) is 70.2 Å². The molecule has 0 N–H and O–H groups in total. The molecule has 0 aromatic carbocycles. The Morgan fingerprint density at radius 3 is 0.810 bits per heavy atom. The molecule has 0 aliphatic rings. The minimum atomic E-state index is 0. The highest BCUT2D eigenvalue weighted by molar-refractivity contribution is 5.78. The topological polar surface area (TPSA) is 37.1 Å². The Kier molecular flexibility index (Phi) is 63.3. The number of nitrogens with zero attached hydrogens (tertiary/aromatic N) is 3. The molecule has 0 aliphatic heterocycles. The lowest BCUT2D eigenvalue weighted by Gasteiger charge is -1.88. The fraction of sp³-hybridized carbons (Fsp3) is 0.722. The van der Waals surface area contributed by atoms with Crippen LogP contribution in [0, 0.1) is 11.8 Å². The molecule has 3 nitrogen and oxygen atoms in total. The lowest BCUT2D eigenvalue weighted by atomic mass is 10.2. The van der Waals surface area contributed by atoms with Gasteiger partial charge < -0.3 is 0 Å². The molecule has 0 radical (unpaired) electrons. The average molecular weight is 300 g/mol. The van der Waals surface area contributed by atoms with Crippen molar-refractivity contribution >= 4 is 5.71 Å². The molecular weight excluding hydrogens is 258 g/mol. The second kappa shape index (κ2) is 36.3. The Labute approximate surface area is 136 Å². The van der Waals surface area contributed by atoms with E-state index in [-0.39, 0.29) is 14.9 Å². The summed E-state index contributed by atoms with van der Waals surface area (Å²) >= 11 is 0. The van der Waals surface area contributed by atoms with Crippen LogP contribution in [0.15, 0.2) is 26.4 Å². The predicted molar refractivity (Wildman–Crippen MR) is 104 cm³/mol. The summed E-state index contributed by atoms with van der Waals surface area (Å²) < 4.78 is 0. The fourth-order valence-electron chi connectivity index (χ4n) is 0. The summed E-state index contributed by atoms with van der Waals surface area (Å²) in [5.41, 5.74) is 3.98. The zero-order valence-corrected chi connectivity index (χ0v) is 14.8. The molecule has 0 fully saturated rings. The van der Waals surface area contributed by atoms with Gasteiger partial charge in [-0.05, 0) is 55.4 Å². The van der Waals surface area contributed by atoms with Gasteiger partial charge in [-0.15, -0.1) is 11.8 Å². The van der Waals surface area contributed by atoms with Crippen molar-refractivity contribution in [1.82, 2.24) is 0 Å². The molecule has 0 aliphatic carbocycles. The molecule has 0 amide bonds. The smallest absolute Gasteiger partial charge is 0.0487 e. The van der Waals surface area contributed by atoms with Crippen molar-refractivity contribution in [3.05, 3.63) is 11.1 Å². The van der Waals surface area contributed by atoms with Crippen LogP contribution in [0.5, 0.6) is 0 Å². The summed E-state index contributed by atoms with van der Waals surface area (Å²) in [5.74, 6) is 5.36. The number of aliphatic imine (C=N–C) groups is 1. The summed E-state index contributed by atoms with van der Waals surface area (Å²) in [6.07, 6.45) is 0. The molecule has 0 aromatic rings. The lowest BCUT2D eigenvalue weighted by Crippen LogP contribution is -1.74. The van der Waals surface area contributed by atoms with E-state index in [2.05, 4.69) is 54.8 Å². The number of allylic oxidation sites excluding steroid dienone is 2. The maximum atomic E-state index is 3.81. The molecule has 3 heteroatoms. The van der Waals surface area contributed by atoms with E-state index >= 15 is 0 Å². The van der Waals surface area contributed by atoms with Gasteiger partial charge >= 0.3 is 0 Å². The van der Waals surface area contributed by atoms with Crippen LogP contribution in [0.25, 0.3) is 0 Å². The van der Waals surface area contributed by atoms with Gasteiger partial charge in [0, 0.05) is 26.9 Å². The molecule has 0 saturated heterocycles. The Morgan fingerprint density at radius 2 is 0.810 bits per heavy atom. The minimum Gasteiger partial charge on any atom is -0.298 e. The third-order valence-corrected chi connectivity index (χ3v) is 1.90. The van der Waals surface area contributed by atoms with E-state index in [1.807, 2.05) is 27.7 Å². The van der Waals surface area contributed by atoms with Crippen LogP contribution in [0.3, 0.4) is 0 Å². The van der Waals surface area contributed by atoms with Crippen LogP contribution in [0.2, 0.25) is 0 Å². The molecule has 0 aromatic heterocycles. The molecule has 0 unspecified atom stereocenters. The van der Waals surface area contributed by atoms with E-state index in [1.54, 1.807) is 21.1 Å². The average Bonchev–Trinajstić information content (AvgIpc) is 2.39. The van der Waals surface area contributed by atoms with E-state index in [9.17, 15) is 0 Å². The standard InChI is InChI=1S/C6H12.C4H9N.C4H6.C2H6N2.2CH4/c1-5(2)6(3)4;1-4(2)5-3;2*1-3-4-2;;/h1-4H3;1-3H3;2*1-2H3;2*1H4. The maximum absolute atomic E-state index is 3.81. The number of hydrogen-bond donors (Lipinski definition) is 0. The van der Waals surface area contributed by atoms with E-state index in [0.29, 0.717) is 0 Å². The highest BCUT2D eigenvalue weighted by Gasteiger charge is 1.75. The highest BCUT2D eigenvalue weighted by Crippen LogP contribution is 1.96. The Morgan fingerprint density at radius 1 is 0.619 bits per heavy atom. The third kappa shape index (κ3) is 118. The van der Waals surface area contributed by atoms with Crippen molar-refractivity contribution in [2.75, 3.05) is 21.1 Å². The van der Waals surface area contributed by atoms with Gasteiger partial charge in [-0.25, -0.2) is 0 Å². The van der Waals surface area contributed by atoms with Crippen LogP contribution < -0.4 is 0 Å². The van der Waals surface area contributed by atoms with Gasteiger partial charge in [0.2, 0.25) is 0 Å². The number of rotatable bonds is 0. The molecule has 0 bridgehead atoms. The Bertz CT molecular complexity index is 281. The predicted octanol–water partition coefficient (Wildman–Crippen LogP) is 6.46. The molecule has 0 atom stereocenters. The monoisotopic (exact) mass is 299 g/mol. The van der Waals surface area contributed by atoms with Crippen LogP contribution in [0.4, 0.5) is 0 Å². The third-order valence-electron chi connectivity index (χ3n) is 1.90. The van der Waals surface area contributed by atoms with Crippen molar-refractivity contribution in [2.45, 2.75) is 70.2 Å². The quantitative estimate of drug-likeness (QED) is 0.213. The van der Waals surface area contributed by atoms with E-state index in [1.165, 1.54) is 11.1 Å². The van der Waals surface area contributed by atoms with Crippen molar-refractivity contribution < 1.29 is 0 Å². The molecular formula is C18H41N3. The Hall–Kier alpha value is -1.43. The van der Waals surface area contributed by atoms with Gasteiger partial charge in [0.05, 0.1) is 0 Å². The minimum absolute atomic E-state index is 0. The first-order valence-electron chi connectivity index (χ1n) is 6.27. The van der Waals surface area contributed by atoms with Crippen LogP contribution in [-0.4, -0.2) is 26.9 Å². The van der Waals surface area contributed by atoms with Crippen molar-refractivity contribution in [3.63, 3.8) is 0 Å². The largest absolute Gasteiger partial charge is 0.298 e. The first kappa shape index (κ1) is 36.6. The van der Waals surface area contributed by atoms with Crippen molar-refractivity contribution in [1.29, 1.82) is 0 Å². The van der Waals surface area contributed by atoms with E-state index in [0.717, 1.165) is 5.71 Å². The first-order valence-corrected chi connectivity index (χ1v) is 6.27. The fourth-order valence-corrected chi connectivity index (χ4v) is 0. The van der Waals surface area contributed by atoms with Crippen molar-refractivity contribution in [3.8, 4) is 11.8 Å². The number of hydrogen-bond acceptors (Lipinski definition) is 3. The zero-order chi connectivity index (χ0) is 16.3. The summed E-state index contributed by atoms with van der Waals surface area (Å²) in [7, 11) is 5.06. The summed E-state index contributed by atoms with van der Waals surface area (Å²) in [6, 6.07) is 0. The maximum Gasteiger partial charge on any atom is 0.0487 e. The summed E-state index contributed by atoms with van der Waals surface area (Å²) in [6.45, 7) is 16.1. The van der Waals surface area contributed by atoms with Gasteiger partial charge in [-0.3, -0.25) is 4.99 Å². The molecule has 21 heavy (non-hydrogen) atoms. The van der Waals surface area contributed by atoms with Gasteiger partial charge in [0.25, 0.3) is 0 Å². The zero-order valence-electron chi connectivity index (χ0n) is 14.8. The summed E-state index contributed by atoms with van der Waals surface area (Å²) in [5, 5.41) is 6.72. The van der Waals surface area contributed by atoms with Gasteiger partial charge in [0.1, 0.15) is 0 Å². The normalized spacial score (nSPS) is 6.43. The second-order valence-corrected chi connectivity index (χ2v) is 4.07. The highest BCUT2D eigenvalue weighted by atomic mass is 15.0. The first-order chi connectivity index (χ1) is 8.74. The molecule has 0 rings (SSSR count).